The van der Waals surface area contributed by atoms with Crippen LogP contribution in [0, 0.1) is 0 Å². The molecular weight excluding hydrogens is 336 g/mol. The second kappa shape index (κ2) is 10.2. The summed E-state index contributed by atoms with van der Waals surface area (Å²) in [6, 6.07) is 13.4. The maximum absolute atomic E-state index is 12.0. The van der Waals surface area contributed by atoms with Gasteiger partial charge < -0.3 is 18.9 Å². The Hall–Kier alpha value is -2.86. The maximum atomic E-state index is 12.0. The molecule has 138 valence electrons. The second-order valence-corrected chi connectivity index (χ2v) is 5.36. The number of carbonyl (C=O) groups is 2. The van der Waals surface area contributed by atoms with Gasteiger partial charge in [-0.1, -0.05) is 12.1 Å². The van der Waals surface area contributed by atoms with Crippen molar-refractivity contribution in [3.63, 3.8) is 0 Å². The smallest absolute Gasteiger partial charge is 0.338 e. The fourth-order valence-corrected chi connectivity index (χ4v) is 2.16. The van der Waals surface area contributed by atoms with E-state index in [-0.39, 0.29) is 19.0 Å². The Balaban J connectivity index is 1.83. The average Bonchev–Trinajstić information content (AvgIpc) is 2.66. The number of ether oxygens (including phenoxy) is 4. The molecule has 0 aliphatic carbocycles. The quantitative estimate of drug-likeness (QED) is 0.390. The number of methoxy groups -OCH3 is 1. The lowest BCUT2D eigenvalue weighted by Crippen LogP contribution is -2.12. The van der Waals surface area contributed by atoms with Gasteiger partial charge in [-0.3, -0.25) is 4.79 Å². The van der Waals surface area contributed by atoms with E-state index in [1.807, 2.05) is 6.92 Å². The first kappa shape index (κ1) is 19.5. The van der Waals surface area contributed by atoms with Gasteiger partial charge in [0, 0.05) is 6.61 Å². The van der Waals surface area contributed by atoms with E-state index in [0.29, 0.717) is 24.5 Å². The van der Waals surface area contributed by atoms with E-state index in [1.165, 1.54) is 0 Å². The predicted octanol–water partition coefficient (Wildman–Crippen LogP) is 3.04. The summed E-state index contributed by atoms with van der Waals surface area (Å²) in [4.78, 5) is 23.8. The highest BCUT2D eigenvalue weighted by molar-refractivity contribution is 5.89. The molecule has 0 saturated heterocycles. The molecule has 26 heavy (non-hydrogen) atoms. The minimum absolute atomic E-state index is 0.144. The van der Waals surface area contributed by atoms with Gasteiger partial charge in [-0.25, -0.2) is 4.79 Å². The van der Waals surface area contributed by atoms with Crippen LogP contribution in [0.15, 0.2) is 48.5 Å². The molecule has 0 fully saturated rings. The van der Waals surface area contributed by atoms with Crippen molar-refractivity contribution in [1.29, 1.82) is 0 Å². The lowest BCUT2D eigenvalue weighted by atomic mass is 10.1. The molecule has 0 saturated carbocycles. The van der Waals surface area contributed by atoms with Crippen molar-refractivity contribution in [3.8, 4) is 11.5 Å². The first-order valence-electron chi connectivity index (χ1n) is 8.31. The molecule has 0 N–H and O–H groups in total. The minimum Gasteiger partial charge on any atom is -0.497 e. The van der Waals surface area contributed by atoms with Crippen molar-refractivity contribution in [2.75, 3.05) is 26.9 Å². The Morgan fingerprint density at radius 1 is 0.885 bits per heavy atom. The predicted molar refractivity (Wildman–Crippen MR) is 95.6 cm³/mol. The van der Waals surface area contributed by atoms with Crippen LogP contribution < -0.4 is 9.47 Å². The van der Waals surface area contributed by atoms with Crippen LogP contribution in [0.3, 0.4) is 0 Å². The highest BCUT2D eigenvalue weighted by Crippen LogP contribution is 2.15. The van der Waals surface area contributed by atoms with E-state index in [2.05, 4.69) is 0 Å². The largest absolute Gasteiger partial charge is 0.497 e. The zero-order valence-electron chi connectivity index (χ0n) is 14.9. The number of benzene rings is 2. The van der Waals surface area contributed by atoms with Gasteiger partial charge in [0.05, 0.1) is 25.7 Å². The van der Waals surface area contributed by atoms with Gasteiger partial charge in [0.2, 0.25) is 0 Å². The molecule has 0 heterocycles. The van der Waals surface area contributed by atoms with E-state index >= 15 is 0 Å². The summed E-state index contributed by atoms with van der Waals surface area (Å²) in [5.74, 6) is 0.267. The van der Waals surface area contributed by atoms with E-state index in [1.54, 1.807) is 55.6 Å². The molecular formula is C20H22O6. The molecule has 0 bridgehead atoms. The molecule has 0 aromatic heterocycles. The second-order valence-electron chi connectivity index (χ2n) is 5.36. The van der Waals surface area contributed by atoms with E-state index in [0.717, 1.165) is 11.3 Å². The number of hydrogen-bond acceptors (Lipinski definition) is 6. The van der Waals surface area contributed by atoms with Crippen molar-refractivity contribution in [2.24, 2.45) is 0 Å². The van der Waals surface area contributed by atoms with E-state index in [9.17, 15) is 9.59 Å². The lowest BCUT2D eigenvalue weighted by Gasteiger charge is -2.07. The van der Waals surface area contributed by atoms with Crippen LogP contribution in [0.5, 0.6) is 11.5 Å². The molecule has 2 aromatic rings. The summed E-state index contributed by atoms with van der Waals surface area (Å²) in [6.07, 6.45) is 0.144. The van der Waals surface area contributed by atoms with Crippen molar-refractivity contribution >= 4 is 11.9 Å². The summed E-state index contributed by atoms with van der Waals surface area (Å²) < 4.78 is 20.5. The topological polar surface area (TPSA) is 71.1 Å². The first-order valence-corrected chi connectivity index (χ1v) is 8.31. The van der Waals surface area contributed by atoms with Gasteiger partial charge in [0.25, 0.3) is 0 Å². The van der Waals surface area contributed by atoms with Crippen LogP contribution in [-0.2, 0) is 20.7 Å². The van der Waals surface area contributed by atoms with Crippen LogP contribution in [0.25, 0.3) is 0 Å². The van der Waals surface area contributed by atoms with E-state index in [4.69, 9.17) is 18.9 Å². The monoisotopic (exact) mass is 358 g/mol. The molecule has 2 aromatic carbocycles. The van der Waals surface area contributed by atoms with Crippen LogP contribution in [0.1, 0.15) is 22.8 Å². The number of hydrogen-bond donors (Lipinski definition) is 0. The molecule has 0 radical (unpaired) electrons. The molecule has 0 aliphatic heterocycles. The summed E-state index contributed by atoms with van der Waals surface area (Å²) >= 11 is 0. The van der Waals surface area contributed by atoms with Crippen molar-refractivity contribution in [3.05, 3.63) is 59.7 Å². The number of esters is 2. The third-order valence-corrected chi connectivity index (χ3v) is 3.49. The first-order chi connectivity index (χ1) is 12.6. The highest BCUT2D eigenvalue weighted by atomic mass is 16.6. The Morgan fingerprint density at radius 2 is 1.54 bits per heavy atom. The fourth-order valence-electron chi connectivity index (χ4n) is 2.16. The normalized spacial score (nSPS) is 10.2. The van der Waals surface area contributed by atoms with Crippen molar-refractivity contribution in [2.45, 2.75) is 13.3 Å². The van der Waals surface area contributed by atoms with Gasteiger partial charge in [-0.15, -0.1) is 0 Å². The standard InChI is InChI=1S/C20H22O6/c1-3-24-12-13-25-20(22)16-6-10-18(11-7-16)26-19(21)14-15-4-8-17(23-2)9-5-15/h4-11H,3,12-14H2,1-2H3. The van der Waals surface area contributed by atoms with Gasteiger partial charge in [0.1, 0.15) is 18.1 Å². The van der Waals surface area contributed by atoms with E-state index < -0.39 is 5.97 Å². The highest BCUT2D eigenvalue weighted by Gasteiger charge is 2.10. The van der Waals surface area contributed by atoms with Crippen molar-refractivity contribution < 1.29 is 28.5 Å². The zero-order chi connectivity index (χ0) is 18.8. The Kier molecular flexibility index (Phi) is 7.64. The molecule has 6 heteroatoms. The molecule has 6 nitrogen and oxygen atoms in total. The molecule has 0 unspecified atom stereocenters. The summed E-state index contributed by atoms with van der Waals surface area (Å²) in [5.41, 5.74) is 1.21. The number of rotatable bonds is 9. The molecule has 2 rings (SSSR count). The van der Waals surface area contributed by atoms with Gasteiger partial charge >= 0.3 is 11.9 Å². The Morgan fingerprint density at radius 3 is 2.15 bits per heavy atom. The SMILES string of the molecule is CCOCCOC(=O)c1ccc(OC(=O)Cc2ccc(OC)cc2)cc1. The molecule has 0 spiro atoms. The fraction of sp³-hybridized carbons (Fsp3) is 0.300. The van der Waals surface area contributed by atoms with Crippen molar-refractivity contribution in [1.82, 2.24) is 0 Å². The van der Waals surface area contributed by atoms with Crippen LogP contribution >= 0.6 is 0 Å². The Labute approximate surface area is 152 Å². The van der Waals surface area contributed by atoms with Crippen LogP contribution in [-0.4, -0.2) is 38.9 Å². The average molecular weight is 358 g/mol. The van der Waals surface area contributed by atoms with Crippen LogP contribution in [0.4, 0.5) is 0 Å². The third-order valence-electron chi connectivity index (χ3n) is 3.49. The molecule has 0 aliphatic rings. The molecule has 0 amide bonds. The van der Waals surface area contributed by atoms with Crippen LogP contribution in [0.2, 0.25) is 0 Å². The maximum Gasteiger partial charge on any atom is 0.338 e. The van der Waals surface area contributed by atoms with Gasteiger partial charge in [-0.05, 0) is 48.9 Å². The third kappa shape index (κ3) is 6.22. The Bertz CT molecular complexity index is 706. The number of carbonyl (C=O) groups excluding carboxylic acids is 2. The lowest BCUT2D eigenvalue weighted by molar-refractivity contribution is -0.133. The summed E-state index contributed by atoms with van der Waals surface area (Å²) in [7, 11) is 1.59. The molecule has 0 atom stereocenters. The summed E-state index contributed by atoms with van der Waals surface area (Å²) in [5, 5.41) is 0. The summed E-state index contributed by atoms with van der Waals surface area (Å²) in [6.45, 7) is 3.01. The minimum atomic E-state index is -0.444. The van der Waals surface area contributed by atoms with Gasteiger partial charge in [-0.2, -0.15) is 0 Å². The van der Waals surface area contributed by atoms with Gasteiger partial charge in [0.15, 0.2) is 0 Å². The zero-order valence-corrected chi connectivity index (χ0v) is 14.9.